The maximum Gasteiger partial charge on any atom is 0.0960 e. The average molecular weight is 192 g/mol. The minimum Gasteiger partial charge on any atom is -0.472 e. The SMILES string of the molecule is Cn1cc(CC(O)c2ccoc2)cn1. The van der Waals surface area contributed by atoms with Crippen LogP contribution in [0.15, 0.2) is 35.4 Å². The van der Waals surface area contributed by atoms with Crippen molar-refractivity contribution in [2.75, 3.05) is 0 Å². The van der Waals surface area contributed by atoms with Crippen molar-refractivity contribution in [3.05, 3.63) is 42.1 Å². The van der Waals surface area contributed by atoms with Crippen LogP contribution in [0.3, 0.4) is 0 Å². The molecule has 0 aliphatic carbocycles. The van der Waals surface area contributed by atoms with Crippen molar-refractivity contribution in [1.29, 1.82) is 0 Å². The normalized spacial score (nSPS) is 13.0. The molecule has 2 aromatic heterocycles. The minimum atomic E-state index is -0.516. The summed E-state index contributed by atoms with van der Waals surface area (Å²) in [5, 5.41) is 13.8. The van der Waals surface area contributed by atoms with Gasteiger partial charge in [-0.15, -0.1) is 0 Å². The van der Waals surface area contributed by atoms with Crippen molar-refractivity contribution < 1.29 is 9.52 Å². The third-order valence-corrected chi connectivity index (χ3v) is 2.12. The molecular weight excluding hydrogens is 180 g/mol. The van der Waals surface area contributed by atoms with E-state index < -0.39 is 6.10 Å². The smallest absolute Gasteiger partial charge is 0.0960 e. The second kappa shape index (κ2) is 3.67. The topological polar surface area (TPSA) is 51.2 Å². The van der Waals surface area contributed by atoms with E-state index in [1.54, 1.807) is 29.5 Å². The molecule has 14 heavy (non-hydrogen) atoms. The molecule has 0 amide bonds. The molecule has 4 nitrogen and oxygen atoms in total. The molecule has 4 heteroatoms. The molecule has 2 heterocycles. The Labute approximate surface area is 81.8 Å². The summed E-state index contributed by atoms with van der Waals surface area (Å²) in [7, 11) is 1.85. The second-order valence-corrected chi connectivity index (χ2v) is 3.30. The van der Waals surface area contributed by atoms with E-state index in [-0.39, 0.29) is 0 Å². The number of aryl methyl sites for hydroxylation is 1. The molecule has 0 fully saturated rings. The van der Waals surface area contributed by atoms with E-state index in [1.165, 1.54) is 0 Å². The molecule has 1 unspecified atom stereocenters. The van der Waals surface area contributed by atoms with Gasteiger partial charge in [0.2, 0.25) is 0 Å². The zero-order valence-electron chi connectivity index (χ0n) is 7.92. The molecule has 0 saturated carbocycles. The number of nitrogens with zero attached hydrogens (tertiary/aromatic N) is 2. The molecule has 0 aliphatic heterocycles. The van der Waals surface area contributed by atoms with Crippen LogP contribution in [0.25, 0.3) is 0 Å². The number of furan rings is 1. The summed E-state index contributed by atoms with van der Waals surface area (Å²) in [5.41, 5.74) is 1.81. The van der Waals surface area contributed by atoms with E-state index in [9.17, 15) is 5.11 Å². The van der Waals surface area contributed by atoms with Crippen molar-refractivity contribution in [2.24, 2.45) is 7.05 Å². The Bertz CT molecular complexity index is 392. The summed E-state index contributed by atoms with van der Waals surface area (Å²) in [6, 6.07) is 1.76. The summed E-state index contributed by atoms with van der Waals surface area (Å²) >= 11 is 0. The lowest BCUT2D eigenvalue weighted by Crippen LogP contribution is -1.99. The fourth-order valence-electron chi connectivity index (χ4n) is 1.38. The van der Waals surface area contributed by atoms with Crippen LogP contribution in [-0.2, 0) is 13.5 Å². The van der Waals surface area contributed by atoms with Crippen molar-refractivity contribution >= 4 is 0 Å². The highest BCUT2D eigenvalue weighted by atomic mass is 16.3. The van der Waals surface area contributed by atoms with Crippen molar-refractivity contribution in [2.45, 2.75) is 12.5 Å². The largest absolute Gasteiger partial charge is 0.472 e. The third kappa shape index (κ3) is 1.85. The van der Waals surface area contributed by atoms with Crippen LogP contribution in [0.1, 0.15) is 17.2 Å². The first-order chi connectivity index (χ1) is 6.75. The minimum absolute atomic E-state index is 0.516. The predicted molar refractivity (Wildman–Crippen MR) is 50.6 cm³/mol. The van der Waals surface area contributed by atoms with Crippen LogP contribution >= 0.6 is 0 Å². The fourth-order valence-corrected chi connectivity index (χ4v) is 1.38. The van der Waals surface area contributed by atoms with Crippen LogP contribution < -0.4 is 0 Å². The zero-order valence-corrected chi connectivity index (χ0v) is 7.92. The van der Waals surface area contributed by atoms with E-state index in [1.807, 2.05) is 13.2 Å². The van der Waals surface area contributed by atoms with Gasteiger partial charge in [-0.25, -0.2) is 0 Å². The van der Waals surface area contributed by atoms with E-state index in [4.69, 9.17) is 4.42 Å². The molecule has 0 aromatic carbocycles. The molecule has 0 bridgehead atoms. The first-order valence-electron chi connectivity index (χ1n) is 4.43. The standard InChI is InChI=1S/C10H12N2O2/c1-12-6-8(5-11-12)4-10(13)9-2-3-14-7-9/h2-3,5-7,10,13H,4H2,1H3. The van der Waals surface area contributed by atoms with Gasteiger partial charge in [0.25, 0.3) is 0 Å². The maximum atomic E-state index is 9.78. The molecule has 0 aliphatic rings. The van der Waals surface area contributed by atoms with Crippen LogP contribution in [0.2, 0.25) is 0 Å². The van der Waals surface area contributed by atoms with E-state index in [0.717, 1.165) is 11.1 Å². The monoisotopic (exact) mass is 192 g/mol. The third-order valence-electron chi connectivity index (χ3n) is 2.12. The molecular formula is C10H12N2O2. The molecule has 0 radical (unpaired) electrons. The lowest BCUT2D eigenvalue weighted by atomic mass is 10.1. The summed E-state index contributed by atoms with van der Waals surface area (Å²) < 4.78 is 6.62. The Morgan fingerprint density at radius 2 is 2.50 bits per heavy atom. The van der Waals surface area contributed by atoms with Gasteiger partial charge in [-0.3, -0.25) is 4.68 Å². The Kier molecular flexibility index (Phi) is 2.37. The molecule has 2 rings (SSSR count). The lowest BCUT2D eigenvalue weighted by molar-refractivity contribution is 0.177. The Morgan fingerprint density at radius 1 is 1.64 bits per heavy atom. The van der Waals surface area contributed by atoms with Crippen LogP contribution in [0.5, 0.6) is 0 Å². The highest BCUT2D eigenvalue weighted by Crippen LogP contribution is 2.17. The van der Waals surface area contributed by atoms with Gasteiger partial charge in [0.15, 0.2) is 0 Å². The Balaban J connectivity index is 2.05. The van der Waals surface area contributed by atoms with Gasteiger partial charge in [0.05, 0.1) is 24.8 Å². The molecule has 0 spiro atoms. The quantitative estimate of drug-likeness (QED) is 0.797. The van der Waals surface area contributed by atoms with E-state index in [2.05, 4.69) is 5.10 Å². The van der Waals surface area contributed by atoms with Gasteiger partial charge >= 0.3 is 0 Å². The van der Waals surface area contributed by atoms with Gasteiger partial charge < -0.3 is 9.52 Å². The number of hydrogen-bond acceptors (Lipinski definition) is 3. The fraction of sp³-hybridized carbons (Fsp3) is 0.300. The first-order valence-corrected chi connectivity index (χ1v) is 4.43. The van der Waals surface area contributed by atoms with Gasteiger partial charge in [0, 0.05) is 25.2 Å². The van der Waals surface area contributed by atoms with Gasteiger partial charge in [-0.2, -0.15) is 5.10 Å². The highest BCUT2D eigenvalue weighted by Gasteiger charge is 2.10. The molecule has 2 aromatic rings. The molecule has 74 valence electrons. The number of aliphatic hydroxyl groups is 1. The van der Waals surface area contributed by atoms with Crippen LogP contribution in [0, 0.1) is 0 Å². The number of rotatable bonds is 3. The first kappa shape index (κ1) is 9.02. The Morgan fingerprint density at radius 3 is 3.07 bits per heavy atom. The number of hydrogen-bond donors (Lipinski definition) is 1. The summed E-state index contributed by atoms with van der Waals surface area (Å²) in [6.07, 6.45) is 6.81. The lowest BCUT2D eigenvalue weighted by Gasteiger charge is -2.05. The maximum absolute atomic E-state index is 9.78. The van der Waals surface area contributed by atoms with Crippen LogP contribution in [-0.4, -0.2) is 14.9 Å². The van der Waals surface area contributed by atoms with E-state index in [0.29, 0.717) is 6.42 Å². The van der Waals surface area contributed by atoms with Gasteiger partial charge in [0.1, 0.15) is 0 Å². The highest BCUT2D eigenvalue weighted by molar-refractivity contribution is 5.14. The zero-order chi connectivity index (χ0) is 9.97. The predicted octanol–water partition coefficient (Wildman–Crippen LogP) is 1.29. The van der Waals surface area contributed by atoms with Crippen molar-refractivity contribution in [3.8, 4) is 0 Å². The van der Waals surface area contributed by atoms with Gasteiger partial charge in [-0.05, 0) is 11.6 Å². The van der Waals surface area contributed by atoms with Crippen LogP contribution in [0.4, 0.5) is 0 Å². The van der Waals surface area contributed by atoms with Gasteiger partial charge in [-0.1, -0.05) is 0 Å². The number of aliphatic hydroxyl groups excluding tert-OH is 1. The second-order valence-electron chi connectivity index (χ2n) is 3.30. The summed E-state index contributed by atoms with van der Waals surface area (Å²) in [4.78, 5) is 0. The molecule has 1 atom stereocenters. The molecule has 0 saturated heterocycles. The summed E-state index contributed by atoms with van der Waals surface area (Å²) in [5.74, 6) is 0. The van der Waals surface area contributed by atoms with Crippen molar-refractivity contribution in [3.63, 3.8) is 0 Å². The molecule has 1 N–H and O–H groups in total. The van der Waals surface area contributed by atoms with E-state index >= 15 is 0 Å². The van der Waals surface area contributed by atoms with Crippen molar-refractivity contribution in [1.82, 2.24) is 9.78 Å². The number of aromatic nitrogens is 2. The Hall–Kier alpha value is -1.55. The summed E-state index contributed by atoms with van der Waals surface area (Å²) in [6.45, 7) is 0. The average Bonchev–Trinajstić information content (AvgIpc) is 2.75.